The Morgan fingerprint density at radius 2 is 1.67 bits per heavy atom. The van der Waals surface area contributed by atoms with Crippen LogP contribution in [0.4, 0.5) is 4.39 Å². The summed E-state index contributed by atoms with van der Waals surface area (Å²) in [7, 11) is 3.23. The second kappa shape index (κ2) is 7.32. The molecule has 0 fully saturated rings. The number of nitrogens with zero attached hydrogens (tertiary/aromatic N) is 4. The van der Waals surface area contributed by atoms with E-state index in [1.165, 1.54) is 23.5 Å². The van der Waals surface area contributed by atoms with Gasteiger partial charge < -0.3 is 9.47 Å². The van der Waals surface area contributed by atoms with Crippen molar-refractivity contribution >= 4 is 16.3 Å². The van der Waals surface area contributed by atoms with E-state index in [2.05, 4.69) is 15.3 Å². The van der Waals surface area contributed by atoms with Gasteiger partial charge in [-0.05, 0) is 35.4 Å². The molecule has 0 aliphatic carbocycles. The highest BCUT2D eigenvalue weighted by atomic mass is 32.1. The highest BCUT2D eigenvalue weighted by Crippen LogP contribution is 2.29. The largest absolute Gasteiger partial charge is 0.493 e. The molecule has 0 spiro atoms. The van der Waals surface area contributed by atoms with E-state index in [0.29, 0.717) is 24.3 Å². The number of aromatic nitrogens is 4. The summed E-state index contributed by atoms with van der Waals surface area (Å²) in [4.78, 5) is 0.739. The average molecular weight is 384 g/mol. The first kappa shape index (κ1) is 17.4. The first-order chi connectivity index (χ1) is 13.2. The second-order valence-electron chi connectivity index (χ2n) is 5.98. The third kappa shape index (κ3) is 3.61. The van der Waals surface area contributed by atoms with Gasteiger partial charge in [-0.15, -0.1) is 10.2 Å². The van der Waals surface area contributed by atoms with Gasteiger partial charge >= 0.3 is 0 Å². The van der Waals surface area contributed by atoms with Crippen LogP contribution < -0.4 is 9.47 Å². The minimum Gasteiger partial charge on any atom is -0.493 e. The number of benzene rings is 2. The zero-order chi connectivity index (χ0) is 18.8. The third-order valence-corrected chi connectivity index (χ3v) is 5.07. The molecule has 4 aromatic rings. The fraction of sp³-hybridized carbons (Fsp3) is 0.211. The summed E-state index contributed by atoms with van der Waals surface area (Å²) in [6.45, 7) is 0. The first-order valence-corrected chi connectivity index (χ1v) is 9.13. The van der Waals surface area contributed by atoms with Gasteiger partial charge in [0.2, 0.25) is 4.96 Å². The van der Waals surface area contributed by atoms with E-state index in [-0.39, 0.29) is 5.82 Å². The van der Waals surface area contributed by atoms with Crippen LogP contribution >= 0.6 is 11.3 Å². The van der Waals surface area contributed by atoms with Crippen molar-refractivity contribution in [2.45, 2.75) is 12.8 Å². The van der Waals surface area contributed by atoms with Crippen LogP contribution in [0.3, 0.4) is 0 Å². The first-order valence-electron chi connectivity index (χ1n) is 8.31. The van der Waals surface area contributed by atoms with Crippen LogP contribution in [0, 0.1) is 5.82 Å². The zero-order valence-electron chi connectivity index (χ0n) is 14.8. The monoisotopic (exact) mass is 384 g/mol. The molecule has 0 aliphatic rings. The van der Waals surface area contributed by atoms with Crippen LogP contribution in [0.15, 0.2) is 42.5 Å². The number of fused-ring (bicyclic) bond motifs is 1. The van der Waals surface area contributed by atoms with E-state index in [4.69, 9.17) is 9.47 Å². The van der Waals surface area contributed by atoms with Crippen molar-refractivity contribution in [1.29, 1.82) is 0 Å². The molecule has 0 saturated carbocycles. The van der Waals surface area contributed by atoms with E-state index in [1.54, 1.807) is 30.9 Å². The lowest BCUT2D eigenvalue weighted by Gasteiger charge is -2.08. The molecule has 0 atom stereocenters. The molecule has 0 radical (unpaired) electrons. The lowest BCUT2D eigenvalue weighted by molar-refractivity contribution is 0.354. The highest BCUT2D eigenvalue weighted by molar-refractivity contribution is 7.16. The molecular weight excluding hydrogens is 367 g/mol. The smallest absolute Gasteiger partial charge is 0.234 e. The fourth-order valence-electron chi connectivity index (χ4n) is 2.83. The average Bonchev–Trinajstić information content (AvgIpc) is 3.24. The minimum absolute atomic E-state index is 0.254. The topological polar surface area (TPSA) is 61.5 Å². The summed E-state index contributed by atoms with van der Waals surface area (Å²) in [5.74, 6) is 1.86. The SMILES string of the molecule is COc1ccc(Cc2nn3c(Cc4ccc(F)cc4)nnc3s2)cc1OC. The molecule has 2 heterocycles. The quantitative estimate of drug-likeness (QED) is 0.509. The van der Waals surface area contributed by atoms with Gasteiger partial charge in [-0.25, -0.2) is 4.39 Å². The van der Waals surface area contributed by atoms with Crippen LogP contribution in [0.1, 0.15) is 22.0 Å². The van der Waals surface area contributed by atoms with E-state index in [9.17, 15) is 4.39 Å². The second-order valence-corrected chi connectivity index (χ2v) is 7.02. The van der Waals surface area contributed by atoms with Gasteiger partial charge in [0.1, 0.15) is 10.8 Å². The predicted octanol–water partition coefficient (Wildman–Crippen LogP) is 3.52. The Bertz CT molecular complexity index is 1080. The highest BCUT2D eigenvalue weighted by Gasteiger charge is 2.13. The molecule has 2 aromatic carbocycles. The zero-order valence-corrected chi connectivity index (χ0v) is 15.7. The van der Waals surface area contributed by atoms with Gasteiger partial charge in [-0.3, -0.25) is 0 Å². The molecule has 0 saturated heterocycles. The molecule has 0 aliphatic heterocycles. The molecule has 6 nitrogen and oxygen atoms in total. The van der Waals surface area contributed by atoms with Crippen molar-refractivity contribution in [3.8, 4) is 11.5 Å². The maximum absolute atomic E-state index is 13.1. The van der Waals surface area contributed by atoms with Crippen molar-refractivity contribution < 1.29 is 13.9 Å². The Morgan fingerprint density at radius 3 is 2.41 bits per heavy atom. The number of hydrogen-bond donors (Lipinski definition) is 0. The Kier molecular flexibility index (Phi) is 4.72. The van der Waals surface area contributed by atoms with Crippen molar-refractivity contribution in [3.63, 3.8) is 0 Å². The Morgan fingerprint density at radius 1 is 0.926 bits per heavy atom. The molecule has 0 unspecified atom stereocenters. The van der Waals surface area contributed by atoms with Gasteiger partial charge in [-0.1, -0.05) is 29.5 Å². The lowest BCUT2D eigenvalue weighted by Crippen LogP contribution is -1.99. The summed E-state index contributed by atoms with van der Waals surface area (Å²) < 4.78 is 25.5. The number of hydrogen-bond acceptors (Lipinski definition) is 6. The van der Waals surface area contributed by atoms with Crippen LogP contribution in [-0.2, 0) is 12.8 Å². The number of halogens is 1. The van der Waals surface area contributed by atoms with Crippen molar-refractivity contribution in [2.24, 2.45) is 0 Å². The number of rotatable bonds is 6. The van der Waals surface area contributed by atoms with Crippen molar-refractivity contribution in [2.75, 3.05) is 14.2 Å². The molecule has 0 amide bonds. The molecule has 138 valence electrons. The number of methoxy groups -OCH3 is 2. The molecular formula is C19H17FN4O2S. The molecule has 0 N–H and O–H groups in total. The van der Waals surface area contributed by atoms with Crippen molar-refractivity contribution in [1.82, 2.24) is 19.8 Å². The van der Waals surface area contributed by atoms with E-state index in [0.717, 1.165) is 26.9 Å². The van der Waals surface area contributed by atoms with Crippen LogP contribution in [0.25, 0.3) is 4.96 Å². The van der Waals surface area contributed by atoms with Crippen LogP contribution in [-0.4, -0.2) is 34.0 Å². The van der Waals surface area contributed by atoms with Gasteiger partial charge in [0.25, 0.3) is 0 Å². The summed E-state index contributed by atoms with van der Waals surface area (Å²) >= 11 is 1.50. The van der Waals surface area contributed by atoms with E-state index < -0.39 is 0 Å². The van der Waals surface area contributed by atoms with E-state index >= 15 is 0 Å². The van der Waals surface area contributed by atoms with Crippen LogP contribution in [0.2, 0.25) is 0 Å². The predicted molar refractivity (Wildman–Crippen MR) is 100 cm³/mol. The van der Waals surface area contributed by atoms with E-state index in [1.807, 2.05) is 18.2 Å². The summed E-state index contributed by atoms with van der Waals surface area (Å²) in [6.07, 6.45) is 1.20. The molecule has 27 heavy (non-hydrogen) atoms. The summed E-state index contributed by atoms with van der Waals surface area (Å²) in [5, 5.41) is 14.0. The molecule has 0 bridgehead atoms. The van der Waals surface area contributed by atoms with Gasteiger partial charge in [-0.2, -0.15) is 9.61 Å². The Hall–Kier alpha value is -3.00. The Balaban J connectivity index is 1.57. The van der Waals surface area contributed by atoms with Gasteiger partial charge in [0.05, 0.1) is 14.2 Å². The molecule has 2 aromatic heterocycles. The number of ether oxygens (including phenoxy) is 2. The van der Waals surface area contributed by atoms with Crippen molar-refractivity contribution in [3.05, 3.63) is 70.2 Å². The Labute approximate surface area is 159 Å². The summed E-state index contributed by atoms with van der Waals surface area (Å²) in [5.41, 5.74) is 2.03. The fourth-order valence-corrected chi connectivity index (χ4v) is 3.72. The normalized spacial score (nSPS) is 11.1. The maximum Gasteiger partial charge on any atom is 0.234 e. The maximum atomic E-state index is 13.1. The van der Waals surface area contributed by atoms with Crippen LogP contribution in [0.5, 0.6) is 11.5 Å². The molecule has 8 heteroatoms. The molecule has 4 rings (SSSR count). The van der Waals surface area contributed by atoms with Gasteiger partial charge in [0.15, 0.2) is 17.3 Å². The standard InChI is InChI=1S/C19H17FN4O2S/c1-25-15-8-5-13(9-16(15)26-2)11-18-23-24-17(21-22-19(24)27-18)10-12-3-6-14(20)7-4-12/h3-9H,10-11H2,1-2H3. The summed E-state index contributed by atoms with van der Waals surface area (Å²) in [6, 6.07) is 12.2. The minimum atomic E-state index is -0.254. The third-order valence-electron chi connectivity index (χ3n) is 4.18. The lowest BCUT2D eigenvalue weighted by atomic mass is 10.1. The van der Waals surface area contributed by atoms with Gasteiger partial charge in [0, 0.05) is 12.8 Å².